The molecule has 0 fully saturated rings. The molecule has 0 radical (unpaired) electrons. The van der Waals surface area contributed by atoms with Crippen LogP contribution < -0.4 is 5.73 Å². The maximum atomic E-state index is 12.9. The van der Waals surface area contributed by atoms with Crippen molar-refractivity contribution in [2.24, 2.45) is 0 Å². The third kappa shape index (κ3) is 2.19. The SMILES string of the molecule is COC(C)(C)c1noc(-c2ccc(F)cc2N)n1. The molecule has 0 aliphatic rings. The summed E-state index contributed by atoms with van der Waals surface area (Å²) in [6, 6.07) is 4.00. The van der Waals surface area contributed by atoms with Gasteiger partial charge >= 0.3 is 0 Å². The van der Waals surface area contributed by atoms with E-state index in [4.69, 9.17) is 15.0 Å². The molecule has 2 aromatic rings. The Morgan fingerprint density at radius 1 is 1.39 bits per heavy atom. The average molecular weight is 251 g/mol. The normalized spacial score (nSPS) is 11.8. The number of nitrogens with zero attached hydrogens (tertiary/aromatic N) is 2. The number of methoxy groups -OCH3 is 1. The number of hydrogen-bond donors (Lipinski definition) is 1. The summed E-state index contributed by atoms with van der Waals surface area (Å²) in [5, 5.41) is 3.84. The van der Waals surface area contributed by atoms with Gasteiger partial charge in [0.15, 0.2) is 0 Å². The Labute approximate surface area is 104 Å². The Balaban J connectivity index is 2.41. The summed E-state index contributed by atoms with van der Waals surface area (Å²) in [4.78, 5) is 4.21. The number of benzene rings is 1. The molecule has 0 atom stereocenters. The second-order valence-corrected chi connectivity index (χ2v) is 4.37. The minimum Gasteiger partial charge on any atom is -0.398 e. The molecule has 0 saturated heterocycles. The molecule has 0 aliphatic carbocycles. The van der Waals surface area contributed by atoms with Gasteiger partial charge in [-0.1, -0.05) is 5.16 Å². The molecule has 1 aromatic carbocycles. The van der Waals surface area contributed by atoms with E-state index in [-0.39, 0.29) is 11.6 Å². The molecule has 0 amide bonds. The first-order chi connectivity index (χ1) is 8.44. The van der Waals surface area contributed by atoms with Gasteiger partial charge in [0, 0.05) is 12.8 Å². The number of ether oxygens (including phenoxy) is 1. The highest BCUT2D eigenvalue weighted by Crippen LogP contribution is 2.28. The van der Waals surface area contributed by atoms with Gasteiger partial charge in [-0.15, -0.1) is 0 Å². The zero-order chi connectivity index (χ0) is 13.3. The Morgan fingerprint density at radius 2 is 2.11 bits per heavy atom. The summed E-state index contributed by atoms with van der Waals surface area (Å²) in [5.41, 5.74) is 5.80. The van der Waals surface area contributed by atoms with E-state index in [0.29, 0.717) is 11.4 Å². The number of nitrogen functional groups attached to an aromatic ring is 1. The third-order valence-corrected chi connectivity index (χ3v) is 2.72. The Hall–Kier alpha value is -1.95. The first kappa shape index (κ1) is 12.5. The number of nitrogens with two attached hydrogens (primary N) is 1. The van der Waals surface area contributed by atoms with Gasteiger partial charge in [0.25, 0.3) is 5.89 Å². The van der Waals surface area contributed by atoms with Crippen molar-refractivity contribution >= 4 is 5.69 Å². The van der Waals surface area contributed by atoms with Gasteiger partial charge in [-0.2, -0.15) is 4.98 Å². The van der Waals surface area contributed by atoms with Gasteiger partial charge in [0.2, 0.25) is 5.82 Å². The summed E-state index contributed by atoms with van der Waals surface area (Å²) < 4.78 is 23.3. The van der Waals surface area contributed by atoms with Crippen LogP contribution in [0.5, 0.6) is 0 Å². The van der Waals surface area contributed by atoms with Crippen LogP contribution in [0.3, 0.4) is 0 Å². The lowest BCUT2D eigenvalue weighted by Crippen LogP contribution is -2.21. The first-order valence-electron chi connectivity index (χ1n) is 5.39. The van der Waals surface area contributed by atoms with E-state index in [1.54, 1.807) is 7.11 Å². The van der Waals surface area contributed by atoms with Gasteiger partial charge in [-0.25, -0.2) is 4.39 Å². The average Bonchev–Trinajstić information content (AvgIpc) is 2.79. The number of aromatic nitrogens is 2. The Morgan fingerprint density at radius 3 is 2.72 bits per heavy atom. The second kappa shape index (κ2) is 4.38. The summed E-state index contributed by atoms with van der Waals surface area (Å²) >= 11 is 0. The molecule has 0 spiro atoms. The summed E-state index contributed by atoms with van der Waals surface area (Å²) in [7, 11) is 1.56. The van der Waals surface area contributed by atoms with Crippen molar-refractivity contribution in [3.05, 3.63) is 29.8 Å². The van der Waals surface area contributed by atoms with Crippen LogP contribution in [-0.4, -0.2) is 17.3 Å². The van der Waals surface area contributed by atoms with Crippen LogP contribution in [0.2, 0.25) is 0 Å². The lowest BCUT2D eigenvalue weighted by Gasteiger charge is -2.17. The summed E-state index contributed by atoms with van der Waals surface area (Å²) in [6.45, 7) is 3.63. The molecule has 6 heteroatoms. The molecule has 1 aromatic heterocycles. The van der Waals surface area contributed by atoms with E-state index in [0.717, 1.165) is 0 Å². The number of hydrogen-bond acceptors (Lipinski definition) is 5. The van der Waals surface area contributed by atoms with Gasteiger partial charge in [0.1, 0.15) is 11.4 Å². The van der Waals surface area contributed by atoms with Gasteiger partial charge in [-0.05, 0) is 32.0 Å². The maximum Gasteiger partial charge on any atom is 0.260 e. The molecule has 2 rings (SSSR count). The molecule has 5 nitrogen and oxygen atoms in total. The van der Waals surface area contributed by atoms with Crippen LogP contribution >= 0.6 is 0 Å². The van der Waals surface area contributed by atoms with Crippen LogP contribution in [0.15, 0.2) is 22.7 Å². The zero-order valence-electron chi connectivity index (χ0n) is 10.4. The van der Waals surface area contributed by atoms with Crippen molar-refractivity contribution in [1.82, 2.24) is 10.1 Å². The van der Waals surface area contributed by atoms with Crippen molar-refractivity contribution in [2.45, 2.75) is 19.4 Å². The van der Waals surface area contributed by atoms with Crippen LogP contribution in [-0.2, 0) is 10.3 Å². The largest absolute Gasteiger partial charge is 0.398 e. The minimum absolute atomic E-state index is 0.243. The summed E-state index contributed by atoms with van der Waals surface area (Å²) in [5.74, 6) is 0.240. The highest BCUT2D eigenvalue weighted by molar-refractivity contribution is 5.70. The summed E-state index contributed by atoms with van der Waals surface area (Å²) in [6.07, 6.45) is 0. The molecular weight excluding hydrogens is 237 g/mol. The maximum absolute atomic E-state index is 12.9. The van der Waals surface area contributed by atoms with Gasteiger partial charge < -0.3 is 15.0 Å². The molecule has 1 heterocycles. The van der Waals surface area contributed by atoms with Crippen LogP contribution in [0.1, 0.15) is 19.7 Å². The van der Waals surface area contributed by atoms with E-state index < -0.39 is 11.4 Å². The fourth-order valence-corrected chi connectivity index (χ4v) is 1.40. The van der Waals surface area contributed by atoms with E-state index in [1.165, 1.54) is 18.2 Å². The predicted octanol–water partition coefficient (Wildman–Crippen LogP) is 2.34. The predicted molar refractivity (Wildman–Crippen MR) is 64.1 cm³/mol. The molecule has 0 aliphatic heterocycles. The van der Waals surface area contributed by atoms with Crippen LogP contribution in [0.4, 0.5) is 10.1 Å². The molecule has 0 saturated carbocycles. The lowest BCUT2D eigenvalue weighted by molar-refractivity contribution is 0.00973. The number of halogens is 1. The van der Waals surface area contributed by atoms with Crippen molar-refractivity contribution in [1.29, 1.82) is 0 Å². The van der Waals surface area contributed by atoms with Gasteiger partial charge in [0.05, 0.1) is 5.56 Å². The van der Waals surface area contributed by atoms with E-state index >= 15 is 0 Å². The van der Waals surface area contributed by atoms with Crippen molar-refractivity contribution < 1.29 is 13.7 Å². The Kier molecular flexibility index (Phi) is 3.04. The van der Waals surface area contributed by atoms with E-state index in [2.05, 4.69) is 10.1 Å². The number of anilines is 1. The van der Waals surface area contributed by atoms with Gasteiger partial charge in [-0.3, -0.25) is 0 Å². The Bertz CT molecular complexity index is 566. The van der Waals surface area contributed by atoms with Crippen molar-refractivity contribution in [3.63, 3.8) is 0 Å². The second-order valence-electron chi connectivity index (χ2n) is 4.37. The monoisotopic (exact) mass is 251 g/mol. The van der Waals surface area contributed by atoms with E-state index in [1.807, 2.05) is 13.8 Å². The van der Waals surface area contributed by atoms with Crippen molar-refractivity contribution in [2.75, 3.05) is 12.8 Å². The van der Waals surface area contributed by atoms with Crippen LogP contribution in [0.25, 0.3) is 11.5 Å². The van der Waals surface area contributed by atoms with Crippen LogP contribution in [0, 0.1) is 5.82 Å². The number of rotatable bonds is 3. The standard InChI is InChI=1S/C12H14FN3O2/c1-12(2,17-3)11-15-10(18-16-11)8-5-4-7(13)6-9(8)14/h4-6H,14H2,1-3H3. The fourth-order valence-electron chi connectivity index (χ4n) is 1.40. The zero-order valence-corrected chi connectivity index (χ0v) is 10.4. The lowest BCUT2D eigenvalue weighted by atomic mass is 10.1. The molecule has 0 bridgehead atoms. The topological polar surface area (TPSA) is 74.2 Å². The molecule has 18 heavy (non-hydrogen) atoms. The molecular formula is C12H14FN3O2. The molecule has 0 unspecified atom stereocenters. The minimum atomic E-state index is -0.656. The smallest absolute Gasteiger partial charge is 0.260 e. The molecule has 96 valence electrons. The molecule has 2 N–H and O–H groups in total. The highest BCUT2D eigenvalue weighted by Gasteiger charge is 2.26. The fraction of sp³-hybridized carbons (Fsp3) is 0.333. The quantitative estimate of drug-likeness (QED) is 0.847. The van der Waals surface area contributed by atoms with E-state index in [9.17, 15) is 4.39 Å². The highest BCUT2D eigenvalue weighted by atomic mass is 19.1. The van der Waals surface area contributed by atoms with Crippen molar-refractivity contribution in [3.8, 4) is 11.5 Å². The third-order valence-electron chi connectivity index (χ3n) is 2.72. The first-order valence-corrected chi connectivity index (χ1v) is 5.39.